The molecule has 4 heteroatoms. The zero-order chi connectivity index (χ0) is 2.00. The topological polar surface area (TPSA) is 17.1 Å². The third-order valence-corrected chi connectivity index (χ3v) is 0. The van der Waals surface area contributed by atoms with Gasteiger partial charge in [-0.25, -0.2) is 0 Å². The van der Waals surface area contributed by atoms with E-state index < -0.39 is 0 Å². The summed E-state index contributed by atoms with van der Waals surface area (Å²) in [4.78, 5) is 0. The molecule has 0 fully saturated rings. The first kappa shape index (κ1) is 17.4. The van der Waals surface area contributed by atoms with Crippen molar-refractivity contribution in [2.24, 2.45) is 0 Å². The second-order valence-electron chi connectivity index (χ2n) is 0. The number of hydrogen-bond acceptors (Lipinski definition) is 1. The molecule has 0 heterocycles. The Labute approximate surface area is 66.7 Å². The van der Waals surface area contributed by atoms with E-state index in [0.717, 1.165) is 0 Å². The first-order chi connectivity index (χ1) is 1.00. The average Bonchev–Trinajstić information content (AvgIpc) is 1.00. The molecule has 0 aliphatic carbocycles. The maximum absolute atomic E-state index is 8.00. The minimum atomic E-state index is 0. The van der Waals surface area contributed by atoms with Crippen LogP contribution in [0.5, 0.6) is 0 Å². The molecule has 0 amide bonds. The third-order valence-electron chi connectivity index (χ3n) is 0. The molecule has 0 aromatic rings. The zero-order valence-corrected chi connectivity index (χ0v) is 1.12. The van der Waals surface area contributed by atoms with Crippen molar-refractivity contribution in [1.29, 1.82) is 0 Å². The molecule has 0 aliphatic rings. The van der Waals surface area contributed by atoms with Crippen LogP contribution in [0.15, 0.2) is 0 Å². The van der Waals surface area contributed by atoms with Crippen molar-refractivity contribution in [1.82, 2.24) is 0 Å². The zero-order valence-electron chi connectivity index (χ0n) is 1.12. The Morgan fingerprint density at radius 1 is 1.25 bits per heavy atom. The molecule has 0 aromatic heterocycles. The van der Waals surface area contributed by atoms with Gasteiger partial charge in [-0.1, -0.05) is 0 Å². The molecule has 0 saturated heterocycles. The van der Waals surface area contributed by atoms with Gasteiger partial charge in [0.2, 0.25) is 0 Å². The third kappa shape index (κ3) is 9.40. The summed E-state index contributed by atoms with van der Waals surface area (Å²) >= 11 is 0. The molecule has 4 heavy (non-hydrogen) atoms. The van der Waals surface area contributed by atoms with Gasteiger partial charge in [-0.05, 0) is 0 Å². The Morgan fingerprint density at radius 2 is 1.25 bits per heavy atom. The monoisotopic (exact) mass is 100.0 g/mol. The summed E-state index contributed by atoms with van der Waals surface area (Å²) in [6.45, 7) is 0. The Balaban J connectivity index is -0.00000000500. The van der Waals surface area contributed by atoms with Crippen LogP contribution in [0.2, 0.25) is 0 Å². The van der Waals surface area contributed by atoms with Gasteiger partial charge >= 0.3 is 50.2 Å². The van der Waals surface area contributed by atoms with Crippen molar-refractivity contribution in [3.8, 4) is 0 Å². The normalized spacial score (nSPS) is 0.750. The molecule has 0 radical (unpaired) electrons. The summed E-state index contributed by atoms with van der Waals surface area (Å²) in [5.74, 6) is 0. The molecule has 0 N–H and O–H groups in total. The Bertz CT molecular complexity index is 8.00. The maximum atomic E-state index is 8.00. The Hall–Kier alpha value is 1.66. The van der Waals surface area contributed by atoms with Gasteiger partial charge < -0.3 is 0 Å². The molecule has 1 nitrogen and oxygen atoms in total. The Morgan fingerprint density at radius 3 is 1.25 bits per heavy atom. The fourth-order valence-corrected chi connectivity index (χ4v) is 0. The summed E-state index contributed by atoms with van der Waals surface area (Å²) in [5, 5.41) is 0. The Kier molecular flexibility index (Phi) is 98.5. The number of hydrogen-bond donors (Lipinski definition) is 0. The second-order valence-corrected chi connectivity index (χ2v) is 0. The van der Waals surface area contributed by atoms with Crippen molar-refractivity contribution >= 4 is 62.8 Å². The number of rotatable bonds is 0. The van der Waals surface area contributed by atoms with Crippen LogP contribution in [0.1, 0.15) is 0 Å². The van der Waals surface area contributed by atoms with E-state index in [2.05, 4.69) is 0 Å². The summed E-state index contributed by atoms with van der Waals surface area (Å²) in [6, 6.07) is 0. The van der Waals surface area contributed by atoms with Gasteiger partial charge in [0.15, 0.2) is 17.4 Å². The predicted molar refractivity (Wildman–Crippen MR) is 26.3 cm³/mol. The van der Waals surface area contributed by atoms with Crippen LogP contribution < -0.4 is 0 Å². The molecular weight excluding hydrogens is 93.9 g/mol. The van der Waals surface area contributed by atoms with Crippen molar-refractivity contribution in [2.45, 2.75) is 0 Å². The van der Waals surface area contributed by atoms with E-state index in [9.17, 15) is 0 Å². The predicted octanol–water partition coefficient (Wildman–Crippen LogP) is -2.87. The van der Waals surface area contributed by atoms with Crippen LogP contribution >= 0.6 is 0 Å². The van der Waals surface area contributed by atoms with E-state index in [1.807, 2.05) is 7.72 Å². The van der Waals surface area contributed by atoms with E-state index in [1.54, 1.807) is 0 Å². The molecule has 0 atom stereocenters. The van der Waals surface area contributed by atoms with E-state index in [0.29, 0.717) is 0 Å². The molecular formula is H6AlBCaO. The first-order valence-corrected chi connectivity index (χ1v) is 0.289. The van der Waals surface area contributed by atoms with Crippen molar-refractivity contribution in [2.75, 3.05) is 0 Å². The van der Waals surface area contributed by atoms with E-state index in [4.69, 9.17) is 4.70 Å². The molecule has 0 aromatic carbocycles. The summed E-state index contributed by atoms with van der Waals surface area (Å²) < 4.78 is 8.00. The van der Waals surface area contributed by atoms with Crippen LogP contribution in [-0.2, 0) is 4.70 Å². The molecule has 0 spiro atoms. The van der Waals surface area contributed by atoms with Crippen molar-refractivity contribution in [3.63, 3.8) is 0 Å². The standard InChI is InChI=1S/Al.BHO.Ca.5H/c;1-2;;;;;;/h;1H;;;;;;. The van der Waals surface area contributed by atoms with Crippen LogP contribution in [0.25, 0.3) is 0 Å². The molecule has 0 bridgehead atoms. The van der Waals surface area contributed by atoms with Gasteiger partial charge in [0.1, 0.15) is 0 Å². The van der Waals surface area contributed by atoms with Crippen LogP contribution in [-0.4, -0.2) is 62.8 Å². The fourth-order valence-electron chi connectivity index (χ4n) is 0. The van der Waals surface area contributed by atoms with Gasteiger partial charge in [-0.3, -0.25) is 0 Å². The summed E-state index contributed by atoms with van der Waals surface area (Å²) in [5.41, 5.74) is 0. The van der Waals surface area contributed by atoms with E-state index in [-0.39, 0.29) is 55.1 Å². The van der Waals surface area contributed by atoms with Crippen LogP contribution in [0.4, 0.5) is 0 Å². The molecule has 20 valence electrons. The quantitative estimate of drug-likeness (QED) is 0.299. The van der Waals surface area contributed by atoms with Crippen LogP contribution in [0.3, 0.4) is 0 Å². The van der Waals surface area contributed by atoms with Crippen molar-refractivity contribution in [3.05, 3.63) is 0 Å². The molecule has 0 unspecified atom stereocenters. The molecule has 0 rings (SSSR count). The fraction of sp³-hybridized carbons (Fsp3) is 0. The SMILES string of the molecule is B=O.[AlH3].[CaH2]. The minimum absolute atomic E-state index is 0. The average molecular weight is 99.9 g/mol. The van der Waals surface area contributed by atoms with Gasteiger partial charge in [0, 0.05) is 0 Å². The van der Waals surface area contributed by atoms with Gasteiger partial charge in [-0.2, -0.15) is 0 Å². The van der Waals surface area contributed by atoms with Gasteiger partial charge in [0.25, 0.3) is 0 Å². The second kappa shape index (κ2) is 22.7. The van der Waals surface area contributed by atoms with E-state index in [1.165, 1.54) is 0 Å². The van der Waals surface area contributed by atoms with E-state index >= 15 is 0 Å². The van der Waals surface area contributed by atoms with Gasteiger partial charge in [0.05, 0.1) is 0 Å². The first-order valence-electron chi connectivity index (χ1n) is 0.289. The summed E-state index contributed by atoms with van der Waals surface area (Å²) in [6.07, 6.45) is 0. The van der Waals surface area contributed by atoms with Crippen molar-refractivity contribution < 1.29 is 4.70 Å². The summed E-state index contributed by atoms with van der Waals surface area (Å²) in [7, 11) is 2.00. The van der Waals surface area contributed by atoms with Crippen LogP contribution in [0, 0.1) is 0 Å². The molecule has 0 aliphatic heterocycles. The molecule has 0 saturated carbocycles. The van der Waals surface area contributed by atoms with Gasteiger partial charge in [-0.15, -0.1) is 0 Å².